The number of anilines is 1. The number of sulfonamides is 1. The highest BCUT2D eigenvalue weighted by molar-refractivity contribution is 9.09. The maximum Gasteiger partial charge on any atom is 0.243 e. The van der Waals surface area contributed by atoms with Crippen LogP contribution in [0.3, 0.4) is 0 Å². The minimum absolute atomic E-state index is 0.107. The van der Waals surface area contributed by atoms with Crippen LogP contribution in [0.15, 0.2) is 23.1 Å². The fourth-order valence-electron chi connectivity index (χ4n) is 1.66. The summed E-state index contributed by atoms with van der Waals surface area (Å²) in [6.45, 7) is 4.30. The number of hydrogen-bond donors (Lipinski definition) is 1. The van der Waals surface area contributed by atoms with E-state index in [1.165, 1.54) is 22.5 Å². The van der Waals surface area contributed by atoms with Gasteiger partial charge in [0.1, 0.15) is 0 Å². The van der Waals surface area contributed by atoms with Crippen molar-refractivity contribution in [2.24, 2.45) is 0 Å². The molecule has 112 valence electrons. The van der Waals surface area contributed by atoms with E-state index in [9.17, 15) is 13.2 Å². The van der Waals surface area contributed by atoms with Gasteiger partial charge in [0.2, 0.25) is 15.9 Å². The molecule has 0 bridgehead atoms. The van der Waals surface area contributed by atoms with E-state index >= 15 is 0 Å². The molecule has 5 nitrogen and oxygen atoms in total. The summed E-state index contributed by atoms with van der Waals surface area (Å²) < 4.78 is 26.1. The third kappa shape index (κ3) is 3.94. The van der Waals surface area contributed by atoms with E-state index < -0.39 is 10.0 Å². The molecule has 20 heavy (non-hydrogen) atoms. The van der Waals surface area contributed by atoms with Gasteiger partial charge in [-0.3, -0.25) is 4.79 Å². The lowest BCUT2D eigenvalue weighted by molar-refractivity contribution is -0.113. The van der Waals surface area contributed by atoms with Crippen LogP contribution in [-0.2, 0) is 14.8 Å². The molecule has 8 heteroatoms. The predicted molar refractivity (Wildman–Crippen MR) is 84.0 cm³/mol. The third-order valence-electron chi connectivity index (χ3n) is 2.68. The molecule has 1 amide bonds. The summed E-state index contributed by atoms with van der Waals surface area (Å²) in [6.07, 6.45) is 0. The topological polar surface area (TPSA) is 66.5 Å². The summed E-state index contributed by atoms with van der Waals surface area (Å²) in [6, 6.07) is 4.26. The molecule has 1 rings (SSSR count). The lowest BCUT2D eigenvalue weighted by atomic mass is 10.3. The number of nitrogens with one attached hydrogen (secondary N) is 1. The molecular formula is C12H16BrClN2O3S. The lowest BCUT2D eigenvalue weighted by Gasteiger charge is -2.19. The Hall–Kier alpha value is -0.630. The Morgan fingerprint density at radius 1 is 1.35 bits per heavy atom. The number of rotatable bonds is 6. The van der Waals surface area contributed by atoms with Crippen LogP contribution in [0.1, 0.15) is 13.8 Å². The molecule has 0 spiro atoms. The standard InChI is InChI=1S/C12H16BrClN2O3S/c1-3-16(4-2)20(18,19)9-5-6-10(14)11(7-9)15-12(17)8-13/h5-7H,3-4,8H2,1-2H3,(H,15,17). The van der Waals surface area contributed by atoms with Crippen LogP contribution in [0.5, 0.6) is 0 Å². The first-order chi connectivity index (χ1) is 9.36. The first-order valence-electron chi connectivity index (χ1n) is 6.02. The molecule has 0 aliphatic heterocycles. The monoisotopic (exact) mass is 382 g/mol. The molecule has 0 saturated carbocycles. The molecule has 0 aliphatic carbocycles. The van der Waals surface area contributed by atoms with Crippen LogP contribution in [0, 0.1) is 0 Å². The van der Waals surface area contributed by atoms with Gasteiger partial charge in [0.05, 0.1) is 20.9 Å². The third-order valence-corrected chi connectivity index (χ3v) is 5.56. The zero-order chi connectivity index (χ0) is 15.3. The number of nitrogens with zero attached hydrogens (tertiary/aromatic N) is 1. The SMILES string of the molecule is CCN(CC)S(=O)(=O)c1ccc(Cl)c(NC(=O)CBr)c1. The second-order valence-electron chi connectivity index (χ2n) is 3.91. The summed E-state index contributed by atoms with van der Waals surface area (Å²) in [4.78, 5) is 11.5. The van der Waals surface area contributed by atoms with E-state index in [4.69, 9.17) is 11.6 Å². The number of hydrogen-bond acceptors (Lipinski definition) is 3. The molecule has 1 aromatic carbocycles. The number of halogens is 2. The second kappa shape index (κ2) is 7.40. The first kappa shape index (κ1) is 17.4. The number of benzene rings is 1. The Morgan fingerprint density at radius 2 is 1.95 bits per heavy atom. The normalized spacial score (nSPS) is 11.7. The highest BCUT2D eigenvalue weighted by Gasteiger charge is 2.22. The summed E-state index contributed by atoms with van der Waals surface area (Å²) >= 11 is 8.98. The van der Waals surface area contributed by atoms with Crippen LogP contribution < -0.4 is 5.32 Å². The van der Waals surface area contributed by atoms with E-state index in [2.05, 4.69) is 21.2 Å². The molecule has 0 radical (unpaired) electrons. The van der Waals surface area contributed by atoms with Crippen LogP contribution in [0.4, 0.5) is 5.69 Å². The molecule has 1 N–H and O–H groups in total. The van der Waals surface area contributed by atoms with Crippen LogP contribution in [-0.4, -0.2) is 37.0 Å². The van der Waals surface area contributed by atoms with Crippen LogP contribution in [0.2, 0.25) is 5.02 Å². The second-order valence-corrected chi connectivity index (χ2v) is 6.82. The van der Waals surface area contributed by atoms with Gasteiger partial charge in [0.25, 0.3) is 0 Å². The largest absolute Gasteiger partial charge is 0.324 e. The molecule has 0 fully saturated rings. The van der Waals surface area contributed by atoms with E-state index in [0.29, 0.717) is 13.1 Å². The molecule has 1 aromatic rings. The van der Waals surface area contributed by atoms with E-state index in [-0.39, 0.29) is 26.8 Å². The van der Waals surface area contributed by atoms with Gasteiger partial charge in [0, 0.05) is 13.1 Å². The van der Waals surface area contributed by atoms with Crippen molar-refractivity contribution in [1.29, 1.82) is 0 Å². The average Bonchev–Trinajstić information content (AvgIpc) is 2.41. The van der Waals surface area contributed by atoms with Crippen molar-refractivity contribution in [2.45, 2.75) is 18.7 Å². The summed E-state index contributed by atoms with van der Waals surface area (Å²) in [5.41, 5.74) is 0.282. The average molecular weight is 384 g/mol. The van der Waals surface area contributed by atoms with Crippen molar-refractivity contribution in [3.05, 3.63) is 23.2 Å². The number of amides is 1. The van der Waals surface area contributed by atoms with Crippen molar-refractivity contribution in [3.8, 4) is 0 Å². The number of alkyl halides is 1. The quantitative estimate of drug-likeness (QED) is 0.768. The van der Waals surface area contributed by atoms with Gasteiger partial charge in [-0.2, -0.15) is 4.31 Å². The molecule has 0 heterocycles. The van der Waals surface area contributed by atoms with Gasteiger partial charge in [-0.25, -0.2) is 8.42 Å². The molecule has 0 atom stereocenters. The Bertz CT molecular complexity index is 588. The van der Waals surface area contributed by atoms with E-state index in [1.807, 2.05) is 0 Å². The smallest absolute Gasteiger partial charge is 0.243 e. The van der Waals surface area contributed by atoms with Gasteiger partial charge in [-0.1, -0.05) is 41.4 Å². The Labute approximate surface area is 132 Å². The Balaban J connectivity index is 3.21. The molecule has 0 unspecified atom stereocenters. The van der Waals surface area contributed by atoms with E-state index in [1.54, 1.807) is 13.8 Å². The minimum Gasteiger partial charge on any atom is -0.324 e. The zero-order valence-electron chi connectivity index (χ0n) is 11.2. The predicted octanol–water partition coefficient (Wildman–Crippen LogP) is 2.70. The molecule has 0 saturated heterocycles. The fourth-order valence-corrected chi connectivity index (χ4v) is 3.45. The molecular weight excluding hydrogens is 368 g/mol. The first-order valence-corrected chi connectivity index (χ1v) is 8.96. The van der Waals surface area contributed by atoms with Crippen molar-refractivity contribution in [1.82, 2.24) is 4.31 Å². The van der Waals surface area contributed by atoms with Crippen LogP contribution >= 0.6 is 27.5 Å². The van der Waals surface area contributed by atoms with Gasteiger partial charge >= 0.3 is 0 Å². The van der Waals surface area contributed by atoms with Gasteiger partial charge in [-0.05, 0) is 18.2 Å². The molecule has 0 aromatic heterocycles. The molecule has 0 aliphatic rings. The minimum atomic E-state index is -3.57. The Morgan fingerprint density at radius 3 is 2.45 bits per heavy atom. The fraction of sp³-hybridized carbons (Fsp3) is 0.417. The highest BCUT2D eigenvalue weighted by Crippen LogP contribution is 2.27. The van der Waals surface area contributed by atoms with Crippen molar-refractivity contribution in [3.63, 3.8) is 0 Å². The number of carbonyl (C=O) groups is 1. The maximum atomic E-state index is 12.4. The van der Waals surface area contributed by atoms with Gasteiger partial charge in [0.15, 0.2) is 0 Å². The maximum absolute atomic E-state index is 12.4. The summed E-state index contributed by atoms with van der Waals surface area (Å²) in [5, 5.41) is 2.94. The Kier molecular flexibility index (Phi) is 6.44. The van der Waals surface area contributed by atoms with Crippen molar-refractivity contribution in [2.75, 3.05) is 23.7 Å². The van der Waals surface area contributed by atoms with Crippen molar-refractivity contribution < 1.29 is 13.2 Å². The van der Waals surface area contributed by atoms with Crippen LogP contribution in [0.25, 0.3) is 0 Å². The van der Waals surface area contributed by atoms with Gasteiger partial charge in [-0.15, -0.1) is 0 Å². The van der Waals surface area contributed by atoms with Gasteiger partial charge < -0.3 is 5.32 Å². The highest BCUT2D eigenvalue weighted by atomic mass is 79.9. The number of carbonyl (C=O) groups excluding carboxylic acids is 1. The zero-order valence-corrected chi connectivity index (χ0v) is 14.3. The van der Waals surface area contributed by atoms with Crippen molar-refractivity contribution >= 4 is 49.1 Å². The van der Waals surface area contributed by atoms with E-state index in [0.717, 1.165) is 0 Å². The lowest BCUT2D eigenvalue weighted by Crippen LogP contribution is -2.30. The summed E-state index contributed by atoms with van der Waals surface area (Å²) in [5.74, 6) is -0.302. The summed E-state index contributed by atoms with van der Waals surface area (Å²) in [7, 11) is -3.57.